The molecular weight excluding hydrogens is 402 g/mol. The maximum Gasteiger partial charge on any atom is 0.256 e. The van der Waals surface area contributed by atoms with Gasteiger partial charge in [-0.05, 0) is 49.2 Å². The highest BCUT2D eigenvalue weighted by atomic mass is 32.2. The Morgan fingerprint density at radius 3 is 2.83 bits per heavy atom. The van der Waals surface area contributed by atoms with Gasteiger partial charge in [0.2, 0.25) is 5.91 Å². The van der Waals surface area contributed by atoms with E-state index in [1.54, 1.807) is 34.9 Å². The highest BCUT2D eigenvalue weighted by molar-refractivity contribution is 7.98. The van der Waals surface area contributed by atoms with E-state index in [2.05, 4.69) is 15.7 Å². The van der Waals surface area contributed by atoms with Gasteiger partial charge in [-0.25, -0.2) is 4.98 Å². The highest BCUT2D eigenvalue weighted by Crippen LogP contribution is 2.31. The third-order valence-corrected chi connectivity index (χ3v) is 6.72. The van der Waals surface area contributed by atoms with Gasteiger partial charge in [0.25, 0.3) is 5.91 Å². The second kappa shape index (κ2) is 8.39. The van der Waals surface area contributed by atoms with Crippen LogP contribution in [0, 0.1) is 6.92 Å². The van der Waals surface area contributed by atoms with E-state index in [1.807, 2.05) is 49.4 Å². The first kappa shape index (κ1) is 19.7. The number of fused-ring (bicyclic) bond motifs is 1. The number of aromatic nitrogens is 1. The lowest BCUT2D eigenvalue weighted by Gasteiger charge is -2.15. The van der Waals surface area contributed by atoms with Crippen molar-refractivity contribution in [2.24, 2.45) is 0 Å². The quantitative estimate of drug-likeness (QED) is 0.593. The summed E-state index contributed by atoms with van der Waals surface area (Å²) in [5.41, 5.74) is 4.44. The molecule has 1 aliphatic rings. The number of benzene rings is 2. The zero-order valence-electron chi connectivity index (χ0n) is 16.3. The lowest BCUT2D eigenvalue weighted by Crippen LogP contribution is -2.25. The zero-order valence-corrected chi connectivity index (χ0v) is 17.9. The van der Waals surface area contributed by atoms with E-state index in [1.165, 1.54) is 0 Å². The van der Waals surface area contributed by atoms with Crippen LogP contribution in [0.1, 0.15) is 33.5 Å². The normalized spacial score (nSPS) is 12.7. The summed E-state index contributed by atoms with van der Waals surface area (Å²) >= 11 is 3.25. The summed E-state index contributed by atoms with van der Waals surface area (Å²) in [7, 11) is 0. The number of hydrogen-bond donors (Lipinski definition) is 1. The maximum absolute atomic E-state index is 12.9. The molecule has 0 saturated carbocycles. The Morgan fingerprint density at radius 2 is 2.07 bits per heavy atom. The molecule has 1 aliphatic heterocycles. The van der Waals surface area contributed by atoms with Crippen LogP contribution in [-0.4, -0.2) is 23.3 Å². The standard InChI is InChI=1S/C22H21N3O2S2/c1-14-23-18(12-28-14)13-29-21-6-4-3-5-19(21)22(27)24-17-7-8-20-16(11-17)9-10-25(20)15(2)26/h3-8,11-12H,9-10,13H2,1-2H3,(H,24,27). The molecule has 3 aromatic rings. The smallest absolute Gasteiger partial charge is 0.256 e. The second-order valence-electron chi connectivity index (χ2n) is 6.86. The molecule has 0 unspecified atom stereocenters. The third kappa shape index (κ3) is 4.36. The topological polar surface area (TPSA) is 62.3 Å². The largest absolute Gasteiger partial charge is 0.322 e. The number of carbonyl (C=O) groups is 2. The number of rotatable bonds is 5. The molecule has 1 N–H and O–H groups in total. The number of aryl methyl sites for hydroxylation is 1. The maximum atomic E-state index is 12.9. The van der Waals surface area contributed by atoms with Gasteiger partial charge in [0.15, 0.2) is 0 Å². The highest BCUT2D eigenvalue weighted by Gasteiger charge is 2.22. The predicted octanol–water partition coefficient (Wildman–Crippen LogP) is 4.91. The minimum Gasteiger partial charge on any atom is -0.322 e. The molecule has 0 saturated heterocycles. The molecule has 2 amide bonds. The molecule has 2 aromatic carbocycles. The SMILES string of the molecule is CC(=O)N1CCc2cc(NC(=O)c3ccccc3SCc3csc(C)n3)ccc21. The van der Waals surface area contributed by atoms with E-state index in [-0.39, 0.29) is 11.8 Å². The molecule has 0 fully saturated rings. The average molecular weight is 424 g/mol. The molecule has 7 heteroatoms. The summed E-state index contributed by atoms with van der Waals surface area (Å²) in [5, 5.41) is 6.11. The molecule has 1 aromatic heterocycles. The number of hydrogen-bond acceptors (Lipinski definition) is 5. The van der Waals surface area contributed by atoms with Gasteiger partial charge in [-0.3, -0.25) is 9.59 Å². The van der Waals surface area contributed by atoms with Crippen molar-refractivity contribution in [2.75, 3.05) is 16.8 Å². The van der Waals surface area contributed by atoms with E-state index in [0.717, 1.165) is 44.7 Å². The van der Waals surface area contributed by atoms with E-state index >= 15 is 0 Å². The van der Waals surface area contributed by atoms with Crippen molar-refractivity contribution in [3.63, 3.8) is 0 Å². The molecular formula is C22H21N3O2S2. The van der Waals surface area contributed by atoms with Crippen molar-refractivity contribution >= 4 is 46.3 Å². The van der Waals surface area contributed by atoms with Gasteiger partial charge in [-0.2, -0.15) is 0 Å². The number of nitrogens with one attached hydrogen (secondary N) is 1. The summed E-state index contributed by atoms with van der Waals surface area (Å²) in [6.07, 6.45) is 0.804. The van der Waals surface area contributed by atoms with Gasteiger partial charge in [-0.15, -0.1) is 23.1 Å². The van der Waals surface area contributed by atoms with Gasteiger partial charge in [-0.1, -0.05) is 12.1 Å². The van der Waals surface area contributed by atoms with Crippen LogP contribution in [0.3, 0.4) is 0 Å². The number of nitrogens with zero attached hydrogens (tertiary/aromatic N) is 2. The van der Waals surface area contributed by atoms with Crippen LogP contribution >= 0.6 is 23.1 Å². The Bertz CT molecular complexity index is 1080. The Morgan fingerprint density at radius 1 is 1.24 bits per heavy atom. The van der Waals surface area contributed by atoms with Crippen LogP contribution < -0.4 is 10.2 Å². The molecule has 148 valence electrons. The molecule has 0 bridgehead atoms. The van der Waals surface area contributed by atoms with E-state index in [9.17, 15) is 9.59 Å². The van der Waals surface area contributed by atoms with Crippen molar-refractivity contribution in [1.29, 1.82) is 0 Å². The molecule has 5 nitrogen and oxygen atoms in total. The van der Waals surface area contributed by atoms with Crippen LogP contribution in [0.25, 0.3) is 0 Å². The first-order valence-electron chi connectivity index (χ1n) is 9.36. The molecule has 0 radical (unpaired) electrons. The number of thioether (sulfide) groups is 1. The van der Waals surface area contributed by atoms with Crippen LogP contribution in [-0.2, 0) is 17.0 Å². The summed E-state index contributed by atoms with van der Waals surface area (Å²) in [4.78, 5) is 31.8. The average Bonchev–Trinajstić information content (AvgIpc) is 3.32. The fourth-order valence-electron chi connectivity index (χ4n) is 3.41. The van der Waals surface area contributed by atoms with Gasteiger partial charge >= 0.3 is 0 Å². The van der Waals surface area contributed by atoms with Crippen LogP contribution in [0.15, 0.2) is 52.7 Å². The summed E-state index contributed by atoms with van der Waals surface area (Å²) in [6, 6.07) is 13.3. The van der Waals surface area contributed by atoms with E-state index < -0.39 is 0 Å². The first-order valence-corrected chi connectivity index (χ1v) is 11.2. The number of carbonyl (C=O) groups excluding carboxylic acids is 2. The fourth-order valence-corrected chi connectivity index (χ4v) is 5.07. The van der Waals surface area contributed by atoms with Crippen molar-refractivity contribution in [2.45, 2.75) is 30.9 Å². The Labute approximate surface area is 178 Å². The lowest BCUT2D eigenvalue weighted by molar-refractivity contribution is -0.116. The van der Waals surface area contributed by atoms with E-state index in [0.29, 0.717) is 12.1 Å². The fraction of sp³-hybridized carbons (Fsp3) is 0.227. The number of amides is 2. The lowest BCUT2D eigenvalue weighted by atomic mass is 10.1. The zero-order chi connectivity index (χ0) is 20.4. The Balaban J connectivity index is 1.48. The molecule has 29 heavy (non-hydrogen) atoms. The molecule has 0 aliphatic carbocycles. The predicted molar refractivity (Wildman–Crippen MR) is 119 cm³/mol. The molecule has 2 heterocycles. The van der Waals surface area contributed by atoms with Crippen molar-refractivity contribution in [3.05, 3.63) is 69.7 Å². The minimum atomic E-state index is -0.135. The number of thiazole rings is 1. The molecule has 4 rings (SSSR count). The van der Waals surface area contributed by atoms with Gasteiger partial charge < -0.3 is 10.2 Å². The molecule has 0 spiro atoms. The summed E-state index contributed by atoms with van der Waals surface area (Å²) < 4.78 is 0. The number of anilines is 2. The van der Waals surface area contributed by atoms with Crippen molar-refractivity contribution < 1.29 is 9.59 Å². The van der Waals surface area contributed by atoms with Gasteiger partial charge in [0, 0.05) is 40.9 Å². The van der Waals surface area contributed by atoms with Crippen LogP contribution in [0.2, 0.25) is 0 Å². The summed E-state index contributed by atoms with van der Waals surface area (Å²) in [6.45, 7) is 4.26. The molecule has 0 atom stereocenters. The Hall–Kier alpha value is -2.64. The van der Waals surface area contributed by atoms with Crippen molar-refractivity contribution in [1.82, 2.24) is 4.98 Å². The monoisotopic (exact) mass is 423 g/mol. The third-order valence-electron chi connectivity index (χ3n) is 4.79. The first-order chi connectivity index (χ1) is 14.0. The van der Waals surface area contributed by atoms with Crippen LogP contribution in [0.4, 0.5) is 11.4 Å². The van der Waals surface area contributed by atoms with Gasteiger partial charge in [0.05, 0.1) is 16.3 Å². The van der Waals surface area contributed by atoms with E-state index in [4.69, 9.17) is 0 Å². The Kier molecular flexibility index (Phi) is 5.69. The van der Waals surface area contributed by atoms with Crippen molar-refractivity contribution in [3.8, 4) is 0 Å². The second-order valence-corrected chi connectivity index (χ2v) is 8.94. The van der Waals surface area contributed by atoms with Crippen LogP contribution in [0.5, 0.6) is 0 Å². The minimum absolute atomic E-state index is 0.0433. The summed E-state index contributed by atoms with van der Waals surface area (Å²) in [5.74, 6) is 0.639. The van der Waals surface area contributed by atoms with Gasteiger partial charge in [0.1, 0.15) is 0 Å².